The minimum absolute atomic E-state index is 0.0253. The monoisotopic (exact) mass is 316 g/mol. The zero-order valence-electron chi connectivity index (χ0n) is 12.7. The lowest BCUT2D eigenvalue weighted by Gasteiger charge is -2.34. The third-order valence-electron chi connectivity index (χ3n) is 3.95. The van der Waals surface area contributed by atoms with Crippen LogP contribution in [0, 0.1) is 0 Å². The number of carbonyl (C=O) groups is 1. The maximum atomic E-state index is 12.8. The van der Waals surface area contributed by atoms with Gasteiger partial charge in [0.2, 0.25) is 0 Å². The van der Waals surface area contributed by atoms with Gasteiger partial charge in [-0.2, -0.15) is 11.8 Å². The number of nitrogens with zero attached hydrogens (tertiary/aromatic N) is 2. The molecule has 0 aliphatic carbocycles. The Hall–Kier alpha value is -1.75. The lowest BCUT2D eigenvalue weighted by atomic mass is 9.98. The highest BCUT2D eigenvalue weighted by Crippen LogP contribution is 2.31. The van der Waals surface area contributed by atoms with E-state index in [4.69, 9.17) is 4.42 Å². The van der Waals surface area contributed by atoms with Crippen molar-refractivity contribution < 1.29 is 9.21 Å². The molecule has 2 aromatic rings. The molecule has 1 aliphatic rings. The molecule has 2 aromatic heterocycles. The maximum Gasteiger partial charge on any atom is 0.290 e. The lowest BCUT2D eigenvalue weighted by Crippen LogP contribution is -2.38. The molecular formula is C17H20N2O2S. The van der Waals surface area contributed by atoms with Crippen molar-refractivity contribution in [1.82, 2.24) is 9.88 Å². The van der Waals surface area contributed by atoms with Crippen LogP contribution in [0.4, 0.5) is 0 Å². The predicted octanol–water partition coefficient (Wildman–Crippen LogP) is 3.91. The number of piperidine rings is 1. The molecule has 3 rings (SSSR count). The van der Waals surface area contributed by atoms with Crippen LogP contribution in [0.2, 0.25) is 0 Å². The van der Waals surface area contributed by atoms with E-state index in [9.17, 15) is 4.79 Å². The molecule has 0 aromatic carbocycles. The zero-order chi connectivity index (χ0) is 15.4. The summed E-state index contributed by atoms with van der Waals surface area (Å²) in [7, 11) is 0. The van der Waals surface area contributed by atoms with Gasteiger partial charge < -0.3 is 9.32 Å². The molecule has 116 valence electrons. The molecule has 1 amide bonds. The average Bonchev–Trinajstić information content (AvgIpc) is 3.04. The maximum absolute atomic E-state index is 12.8. The molecule has 0 spiro atoms. The summed E-state index contributed by atoms with van der Waals surface area (Å²) in [5.41, 5.74) is 0.964. The van der Waals surface area contributed by atoms with Gasteiger partial charge in [-0.1, -0.05) is 6.07 Å². The number of amides is 1. The van der Waals surface area contributed by atoms with E-state index in [0.717, 1.165) is 43.0 Å². The van der Waals surface area contributed by atoms with E-state index in [1.54, 1.807) is 24.0 Å². The van der Waals surface area contributed by atoms with Crippen LogP contribution in [0.1, 0.15) is 47.3 Å². The molecule has 1 saturated heterocycles. The van der Waals surface area contributed by atoms with Crippen LogP contribution in [0.15, 0.2) is 40.9 Å². The van der Waals surface area contributed by atoms with Gasteiger partial charge in [0, 0.05) is 12.7 Å². The van der Waals surface area contributed by atoms with Gasteiger partial charge in [-0.25, -0.2) is 0 Å². The van der Waals surface area contributed by atoms with Crippen molar-refractivity contribution in [3.05, 3.63) is 53.7 Å². The quantitative estimate of drug-likeness (QED) is 0.858. The minimum Gasteiger partial charge on any atom is -0.455 e. The lowest BCUT2D eigenvalue weighted by molar-refractivity contribution is 0.0572. The second-order valence-corrected chi connectivity index (χ2v) is 6.33. The summed E-state index contributed by atoms with van der Waals surface area (Å²) in [4.78, 5) is 19.1. The van der Waals surface area contributed by atoms with Crippen molar-refractivity contribution in [2.24, 2.45) is 0 Å². The largest absolute Gasteiger partial charge is 0.455 e. The topological polar surface area (TPSA) is 46.3 Å². The second-order valence-electron chi connectivity index (χ2n) is 5.46. The van der Waals surface area contributed by atoms with Crippen LogP contribution in [0.25, 0.3) is 0 Å². The van der Waals surface area contributed by atoms with Crippen molar-refractivity contribution in [2.75, 3.05) is 12.8 Å². The number of likely N-dealkylation sites (tertiary alicyclic amines) is 1. The summed E-state index contributed by atoms with van der Waals surface area (Å²) >= 11 is 1.68. The third-order valence-corrected chi connectivity index (χ3v) is 4.53. The van der Waals surface area contributed by atoms with Gasteiger partial charge in [0.25, 0.3) is 5.91 Å². The molecule has 0 unspecified atom stereocenters. The van der Waals surface area contributed by atoms with Gasteiger partial charge in [0.15, 0.2) is 5.76 Å². The number of thioether (sulfide) groups is 1. The standard InChI is InChI=1S/C17H20N2O2S/c1-22-12-13-8-9-16(21-13)17(20)19-11-5-3-7-15(19)14-6-2-4-10-18-14/h2,4,6,8-10,15H,3,5,7,11-12H2,1H3/t15-/m0/s1. The van der Waals surface area contributed by atoms with E-state index >= 15 is 0 Å². The summed E-state index contributed by atoms with van der Waals surface area (Å²) in [5, 5.41) is 0. The average molecular weight is 316 g/mol. The van der Waals surface area contributed by atoms with E-state index in [2.05, 4.69) is 4.98 Å². The Kier molecular flexibility index (Phi) is 4.83. The van der Waals surface area contributed by atoms with Gasteiger partial charge in [-0.05, 0) is 49.8 Å². The highest BCUT2D eigenvalue weighted by molar-refractivity contribution is 7.97. The predicted molar refractivity (Wildman–Crippen MR) is 87.8 cm³/mol. The summed E-state index contributed by atoms with van der Waals surface area (Å²) in [5.74, 6) is 2.05. The number of carbonyl (C=O) groups excluding carboxylic acids is 1. The normalized spacial score (nSPS) is 18.4. The van der Waals surface area contributed by atoms with Crippen molar-refractivity contribution in [3.63, 3.8) is 0 Å². The molecular weight excluding hydrogens is 296 g/mol. The minimum atomic E-state index is -0.0253. The van der Waals surface area contributed by atoms with Gasteiger partial charge in [0.1, 0.15) is 5.76 Å². The van der Waals surface area contributed by atoms with Crippen molar-refractivity contribution in [2.45, 2.75) is 31.1 Å². The van der Waals surface area contributed by atoms with E-state index in [-0.39, 0.29) is 11.9 Å². The van der Waals surface area contributed by atoms with Crippen LogP contribution >= 0.6 is 11.8 Å². The molecule has 1 aliphatic heterocycles. The fourth-order valence-electron chi connectivity index (χ4n) is 2.91. The summed E-state index contributed by atoms with van der Waals surface area (Å²) in [6.45, 7) is 0.763. The number of hydrogen-bond donors (Lipinski definition) is 0. The summed E-state index contributed by atoms with van der Waals surface area (Å²) < 4.78 is 5.69. The Bertz CT molecular complexity index is 627. The van der Waals surface area contributed by atoms with Gasteiger partial charge >= 0.3 is 0 Å². The highest BCUT2D eigenvalue weighted by Gasteiger charge is 2.30. The first-order valence-electron chi connectivity index (χ1n) is 7.59. The van der Waals surface area contributed by atoms with Crippen molar-refractivity contribution in [3.8, 4) is 0 Å². The van der Waals surface area contributed by atoms with E-state index in [1.807, 2.05) is 35.4 Å². The van der Waals surface area contributed by atoms with Crippen LogP contribution in [0.3, 0.4) is 0 Å². The molecule has 0 bridgehead atoms. The zero-order valence-corrected chi connectivity index (χ0v) is 13.5. The molecule has 4 nitrogen and oxygen atoms in total. The smallest absolute Gasteiger partial charge is 0.290 e. The molecule has 3 heterocycles. The van der Waals surface area contributed by atoms with Crippen LogP contribution in [-0.4, -0.2) is 28.6 Å². The Morgan fingerprint density at radius 2 is 2.27 bits per heavy atom. The van der Waals surface area contributed by atoms with Gasteiger partial charge in [-0.3, -0.25) is 9.78 Å². The van der Waals surface area contributed by atoms with Crippen LogP contribution < -0.4 is 0 Å². The fourth-order valence-corrected chi connectivity index (χ4v) is 3.35. The van der Waals surface area contributed by atoms with Crippen LogP contribution in [0.5, 0.6) is 0 Å². The molecule has 22 heavy (non-hydrogen) atoms. The number of hydrogen-bond acceptors (Lipinski definition) is 4. The molecule has 1 atom stereocenters. The van der Waals surface area contributed by atoms with E-state index in [1.165, 1.54) is 0 Å². The van der Waals surface area contributed by atoms with Gasteiger partial charge in [0.05, 0.1) is 17.5 Å². The van der Waals surface area contributed by atoms with E-state index < -0.39 is 0 Å². The second kappa shape index (κ2) is 7.01. The summed E-state index contributed by atoms with van der Waals surface area (Å²) in [6, 6.07) is 9.61. The summed E-state index contributed by atoms with van der Waals surface area (Å²) in [6.07, 6.45) is 6.93. The van der Waals surface area contributed by atoms with Crippen molar-refractivity contribution >= 4 is 17.7 Å². The first-order chi connectivity index (χ1) is 10.8. The number of aromatic nitrogens is 1. The molecule has 0 radical (unpaired) electrons. The Morgan fingerprint density at radius 3 is 3.05 bits per heavy atom. The first-order valence-corrected chi connectivity index (χ1v) is 8.98. The first kappa shape index (κ1) is 15.2. The Morgan fingerprint density at radius 1 is 1.36 bits per heavy atom. The third kappa shape index (κ3) is 3.19. The molecule has 0 N–H and O–H groups in total. The van der Waals surface area contributed by atoms with Crippen LogP contribution in [-0.2, 0) is 5.75 Å². The number of furan rings is 1. The Balaban J connectivity index is 1.82. The molecule has 1 fully saturated rings. The Labute approximate surface area is 134 Å². The molecule has 0 saturated carbocycles. The fraction of sp³-hybridized carbons (Fsp3) is 0.412. The number of rotatable bonds is 4. The highest BCUT2D eigenvalue weighted by atomic mass is 32.2. The molecule has 5 heteroatoms. The van der Waals surface area contributed by atoms with Crippen molar-refractivity contribution in [1.29, 1.82) is 0 Å². The number of pyridine rings is 1. The van der Waals surface area contributed by atoms with Gasteiger partial charge in [-0.15, -0.1) is 0 Å². The SMILES string of the molecule is CSCc1ccc(C(=O)N2CCCC[C@H]2c2ccccn2)o1. The van der Waals surface area contributed by atoms with E-state index in [0.29, 0.717) is 5.76 Å².